The summed E-state index contributed by atoms with van der Waals surface area (Å²) >= 11 is 0. The lowest BCUT2D eigenvalue weighted by Crippen LogP contribution is -2.46. The van der Waals surface area contributed by atoms with Crippen LogP contribution in [0.5, 0.6) is 0 Å². The minimum absolute atomic E-state index is 0.0159. The lowest BCUT2D eigenvalue weighted by atomic mass is 9.87. The number of aliphatic carboxylic acids is 1. The van der Waals surface area contributed by atoms with Gasteiger partial charge >= 0.3 is 13.6 Å². The van der Waals surface area contributed by atoms with E-state index in [0.29, 0.717) is 19.4 Å². The molecule has 0 aromatic carbocycles. The summed E-state index contributed by atoms with van der Waals surface area (Å²) in [6, 6.07) is -0.564. The van der Waals surface area contributed by atoms with Crippen molar-refractivity contribution in [1.29, 1.82) is 0 Å². The molecule has 1 aliphatic heterocycles. The molecule has 4 N–H and O–H groups in total. The molecule has 0 saturated carbocycles. The summed E-state index contributed by atoms with van der Waals surface area (Å²) in [5, 5.41) is 11.9. The van der Waals surface area contributed by atoms with Crippen LogP contribution in [0.3, 0.4) is 0 Å². The van der Waals surface area contributed by atoms with Gasteiger partial charge in [0, 0.05) is 6.16 Å². The molecule has 1 saturated heterocycles. The molecule has 0 aromatic heterocycles. The summed E-state index contributed by atoms with van der Waals surface area (Å²) < 4.78 is 10.7. The molecular weight excluding hydrogens is 233 g/mol. The second kappa shape index (κ2) is 5.77. The van der Waals surface area contributed by atoms with Crippen LogP contribution in [0.1, 0.15) is 25.7 Å². The van der Waals surface area contributed by atoms with Crippen molar-refractivity contribution >= 4 is 13.6 Å². The summed E-state index contributed by atoms with van der Waals surface area (Å²) in [6.45, 7) is 0.700. The second-order valence-electron chi connectivity index (χ2n) is 4.20. The maximum absolute atomic E-state index is 10.9. The van der Waals surface area contributed by atoms with E-state index in [-0.39, 0.29) is 12.1 Å². The number of hydrogen-bond donors (Lipinski definition) is 4. The predicted octanol–water partition coefficient (Wildman–Crippen LogP) is 0.397. The minimum Gasteiger partial charge on any atom is -0.480 e. The van der Waals surface area contributed by atoms with Crippen LogP contribution in [0.4, 0.5) is 0 Å². The summed E-state index contributed by atoms with van der Waals surface area (Å²) in [4.78, 5) is 28.3. The van der Waals surface area contributed by atoms with E-state index in [2.05, 4.69) is 5.32 Å². The van der Waals surface area contributed by atoms with Gasteiger partial charge in [-0.15, -0.1) is 0 Å². The highest BCUT2D eigenvalue weighted by Crippen LogP contribution is 2.36. The topological polar surface area (TPSA) is 107 Å². The van der Waals surface area contributed by atoms with E-state index in [4.69, 9.17) is 14.9 Å². The van der Waals surface area contributed by atoms with Crippen LogP contribution in [0, 0.1) is 5.92 Å². The fourth-order valence-corrected chi connectivity index (χ4v) is 2.71. The molecule has 1 rings (SSSR count). The average molecular weight is 251 g/mol. The van der Waals surface area contributed by atoms with Gasteiger partial charge in [-0.05, 0) is 38.1 Å². The summed E-state index contributed by atoms with van der Waals surface area (Å²) in [5.41, 5.74) is 0. The molecular formula is C9H18NO5P. The van der Waals surface area contributed by atoms with Crippen LogP contribution in [-0.2, 0) is 9.36 Å². The van der Waals surface area contributed by atoms with Crippen LogP contribution in [0.15, 0.2) is 0 Å². The number of piperidine rings is 1. The molecule has 7 heteroatoms. The van der Waals surface area contributed by atoms with E-state index in [9.17, 15) is 9.36 Å². The lowest BCUT2D eigenvalue weighted by molar-refractivity contribution is -0.141. The predicted molar refractivity (Wildman–Crippen MR) is 58.3 cm³/mol. The van der Waals surface area contributed by atoms with Crippen molar-refractivity contribution in [2.75, 3.05) is 12.7 Å². The normalized spacial score (nSPS) is 26.6. The first-order valence-corrected chi connectivity index (χ1v) is 7.20. The quantitative estimate of drug-likeness (QED) is 0.527. The SMILES string of the molecule is O=C(O)[C@H]1NCCC[C@H]1CCCP(=O)(O)O. The fourth-order valence-electron chi connectivity index (χ4n) is 2.11. The highest BCUT2D eigenvalue weighted by Gasteiger charge is 2.30. The molecule has 16 heavy (non-hydrogen) atoms. The standard InChI is InChI=1S/C9H18NO5P/c11-9(12)8-7(3-1-5-10-8)4-2-6-16(13,14)15/h7-8,10H,1-6H2,(H,11,12)(H2,13,14,15)/t7-,8-/m0/s1. The Balaban J connectivity index is 2.38. The smallest absolute Gasteiger partial charge is 0.325 e. The molecule has 1 fully saturated rings. The zero-order valence-corrected chi connectivity index (χ0v) is 9.90. The van der Waals surface area contributed by atoms with Gasteiger partial charge in [0.15, 0.2) is 0 Å². The summed E-state index contributed by atoms with van der Waals surface area (Å²) in [6.07, 6.45) is 2.50. The molecule has 6 nitrogen and oxygen atoms in total. The van der Waals surface area contributed by atoms with Crippen LogP contribution in [-0.4, -0.2) is 39.6 Å². The maximum atomic E-state index is 10.9. The molecule has 0 aromatic rings. The number of hydrogen-bond acceptors (Lipinski definition) is 3. The van der Waals surface area contributed by atoms with Crippen molar-refractivity contribution in [3.05, 3.63) is 0 Å². The highest BCUT2D eigenvalue weighted by atomic mass is 31.2. The Morgan fingerprint density at radius 1 is 1.44 bits per heavy atom. The Morgan fingerprint density at radius 3 is 2.69 bits per heavy atom. The largest absolute Gasteiger partial charge is 0.480 e. The molecule has 0 unspecified atom stereocenters. The van der Waals surface area contributed by atoms with Crippen LogP contribution >= 0.6 is 7.60 Å². The zero-order valence-electron chi connectivity index (χ0n) is 9.00. The van der Waals surface area contributed by atoms with Gasteiger partial charge in [0.1, 0.15) is 6.04 Å². The first kappa shape index (κ1) is 13.6. The van der Waals surface area contributed by atoms with Gasteiger partial charge in [0.05, 0.1) is 0 Å². The van der Waals surface area contributed by atoms with Gasteiger partial charge in [0.2, 0.25) is 0 Å². The van der Waals surface area contributed by atoms with Crippen LogP contribution in [0.2, 0.25) is 0 Å². The Kier molecular flexibility index (Phi) is 4.92. The average Bonchev–Trinajstić information content (AvgIpc) is 2.16. The Morgan fingerprint density at radius 2 is 2.12 bits per heavy atom. The van der Waals surface area contributed by atoms with E-state index in [1.807, 2.05) is 0 Å². The van der Waals surface area contributed by atoms with Gasteiger partial charge in [-0.3, -0.25) is 9.36 Å². The van der Waals surface area contributed by atoms with Crippen LogP contribution < -0.4 is 5.32 Å². The zero-order chi connectivity index (χ0) is 12.2. The molecule has 0 aliphatic carbocycles. The number of rotatable bonds is 5. The third kappa shape index (κ3) is 4.61. The van der Waals surface area contributed by atoms with Gasteiger partial charge in [-0.1, -0.05) is 0 Å². The van der Waals surface area contributed by atoms with Crippen molar-refractivity contribution in [3.63, 3.8) is 0 Å². The van der Waals surface area contributed by atoms with Gasteiger partial charge in [-0.25, -0.2) is 0 Å². The van der Waals surface area contributed by atoms with Crippen molar-refractivity contribution < 1.29 is 24.3 Å². The van der Waals surface area contributed by atoms with E-state index in [1.54, 1.807) is 0 Å². The fraction of sp³-hybridized carbons (Fsp3) is 0.889. The molecule has 1 aliphatic rings. The van der Waals surface area contributed by atoms with Crippen molar-refractivity contribution in [1.82, 2.24) is 5.32 Å². The molecule has 0 spiro atoms. The van der Waals surface area contributed by atoms with Crippen LogP contribution in [0.25, 0.3) is 0 Å². The number of nitrogens with one attached hydrogen (secondary N) is 1. The lowest BCUT2D eigenvalue weighted by Gasteiger charge is -2.29. The van der Waals surface area contributed by atoms with Crippen molar-refractivity contribution in [3.8, 4) is 0 Å². The number of carbonyl (C=O) groups is 1. The van der Waals surface area contributed by atoms with Gasteiger partial charge in [-0.2, -0.15) is 0 Å². The molecule has 0 bridgehead atoms. The molecule has 0 radical (unpaired) electrons. The summed E-state index contributed by atoms with van der Waals surface area (Å²) in [7, 11) is -3.94. The maximum Gasteiger partial charge on any atom is 0.325 e. The highest BCUT2D eigenvalue weighted by molar-refractivity contribution is 7.51. The van der Waals surface area contributed by atoms with Gasteiger partial charge < -0.3 is 20.2 Å². The van der Waals surface area contributed by atoms with E-state index >= 15 is 0 Å². The molecule has 2 atom stereocenters. The third-order valence-electron chi connectivity index (χ3n) is 2.88. The molecule has 94 valence electrons. The first-order valence-electron chi connectivity index (χ1n) is 5.41. The first-order chi connectivity index (χ1) is 7.40. The van der Waals surface area contributed by atoms with Gasteiger partial charge in [0.25, 0.3) is 0 Å². The van der Waals surface area contributed by atoms with Crippen molar-refractivity contribution in [2.45, 2.75) is 31.7 Å². The second-order valence-corrected chi connectivity index (χ2v) is 5.98. The Labute approximate surface area is 94.2 Å². The van der Waals surface area contributed by atoms with Crippen molar-refractivity contribution in [2.24, 2.45) is 5.92 Å². The monoisotopic (exact) mass is 251 g/mol. The molecule has 1 heterocycles. The molecule has 0 amide bonds. The van der Waals surface area contributed by atoms with E-state index < -0.39 is 19.6 Å². The van der Waals surface area contributed by atoms with E-state index in [0.717, 1.165) is 12.8 Å². The number of carboxylic acid groups (broad SMARTS) is 1. The minimum atomic E-state index is -3.94. The number of carboxylic acids is 1. The summed E-state index contributed by atoms with van der Waals surface area (Å²) in [5.74, 6) is -0.890. The Hall–Kier alpha value is -0.420. The third-order valence-corrected chi connectivity index (χ3v) is 3.78. The Bertz CT molecular complexity index is 290. The van der Waals surface area contributed by atoms with E-state index in [1.165, 1.54) is 0 Å².